The summed E-state index contributed by atoms with van der Waals surface area (Å²) in [5.74, 6) is 0. The molecule has 1 fully saturated rings. The van der Waals surface area contributed by atoms with Crippen molar-refractivity contribution in [2.75, 3.05) is 32.8 Å². The summed E-state index contributed by atoms with van der Waals surface area (Å²) >= 11 is 0. The van der Waals surface area contributed by atoms with Crippen molar-refractivity contribution in [2.24, 2.45) is 0 Å². The molecule has 2 N–H and O–H groups in total. The Bertz CT molecular complexity index is 535. The summed E-state index contributed by atoms with van der Waals surface area (Å²) in [4.78, 5) is 0. The van der Waals surface area contributed by atoms with Crippen LogP contribution in [0.15, 0.2) is 5.03 Å². The SMILES string of the molecule is CCCNCc1c(S(=O)(=O)N2CCOCC2)n[nH]c1C. The standard InChI is InChI=1S/C12H22N4O3S/c1-3-4-13-9-11-10(2)14-15-12(11)20(17,18)16-5-7-19-8-6-16/h13H,3-9H2,1-2H3,(H,14,15). The predicted octanol–water partition coefficient (Wildman–Crippen LogP) is 0.239. The Morgan fingerprint density at radius 1 is 1.40 bits per heavy atom. The van der Waals surface area contributed by atoms with Gasteiger partial charge in [0, 0.05) is 30.9 Å². The molecule has 0 aliphatic carbocycles. The number of morpholine rings is 1. The maximum absolute atomic E-state index is 12.6. The van der Waals surface area contributed by atoms with Crippen molar-refractivity contribution in [3.05, 3.63) is 11.3 Å². The number of nitrogens with zero attached hydrogens (tertiary/aromatic N) is 2. The minimum absolute atomic E-state index is 0.139. The largest absolute Gasteiger partial charge is 0.379 e. The van der Waals surface area contributed by atoms with Gasteiger partial charge < -0.3 is 10.1 Å². The van der Waals surface area contributed by atoms with Crippen molar-refractivity contribution in [3.8, 4) is 0 Å². The smallest absolute Gasteiger partial charge is 0.262 e. The summed E-state index contributed by atoms with van der Waals surface area (Å²) in [6.45, 7) is 6.91. The van der Waals surface area contributed by atoms with Gasteiger partial charge in [0.05, 0.1) is 13.2 Å². The summed E-state index contributed by atoms with van der Waals surface area (Å²) in [7, 11) is -3.54. The lowest BCUT2D eigenvalue weighted by Gasteiger charge is -2.25. The van der Waals surface area contributed by atoms with Crippen molar-refractivity contribution >= 4 is 10.0 Å². The Kier molecular flexibility index (Phi) is 5.14. The summed E-state index contributed by atoms with van der Waals surface area (Å²) in [5.41, 5.74) is 1.52. The number of hydrogen-bond donors (Lipinski definition) is 2. The van der Waals surface area contributed by atoms with Gasteiger partial charge in [-0.3, -0.25) is 5.10 Å². The van der Waals surface area contributed by atoms with Gasteiger partial charge in [0.15, 0.2) is 5.03 Å². The number of rotatable bonds is 6. The second kappa shape index (κ2) is 6.66. The van der Waals surface area contributed by atoms with Crippen LogP contribution in [-0.2, 0) is 21.3 Å². The first-order valence-electron chi connectivity index (χ1n) is 6.89. The van der Waals surface area contributed by atoms with Crippen LogP contribution in [0.5, 0.6) is 0 Å². The van der Waals surface area contributed by atoms with Crippen LogP contribution < -0.4 is 5.32 Å². The fourth-order valence-electron chi connectivity index (χ4n) is 2.15. The topological polar surface area (TPSA) is 87.3 Å². The Morgan fingerprint density at radius 2 is 2.10 bits per heavy atom. The maximum Gasteiger partial charge on any atom is 0.262 e. The van der Waals surface area contributed by atoms with E-state index in [1.54, 1.807) is 0 Å². The first-order chi connectivity index (χ1) is 9.57. The molecule has 0 radical (unpaired) electrons. The fraction of sp³-hybridized carbons (Fsp3) is 0.750. The number of hydrogen-bond acceptors (Lipinski definition) is 5. The minimum atomic E-state index is -3.54. The molecule has 1 aliphatic heterocycles. The molecule has 2 heterocycles. The van der Waals surface area contributed by atoms with Crippen molar-refractivity contribution in [1.29, 1.82) is 0 Å². The average molecular weight is 302 g/mol. The summed E-state index contributed by atoms with van der Waals surface area (Å²) in [6.07, 6.45) is 1.00. The van der Waals surface area contributed by atoms with Gasteiger partial charge in [-0.15, -0.1) is 0 Å². The van der Waals surface area contributed by atoms with Crippen LogP contribution in [0.25, 0.3) is 0 Å². The molecule has 7 nitrogen and oxygen atoms in total. The van der Waals surface area contributed by atoms with Gasteiger partial charge >= 0.3 is 0 Å². The van der Waals surface area contributed by atoms with E-state index in [4.69, 9.17) is 4.74 Å². The Labute approximate surface area is 119 Å². The van der Waals surface area contributed by atoms with Crippen LogP contribution in [0.2, 0.25) is 0 Å². The van der Waals surface area contributed by atoms with E-state index in [1.165, 1.54) is 4.31 Å². The molecule has 0 saturated carbocycles. The van der Waals surface area contributed by atoms with Crippen molar-refractivity contribution in [2.45, 2.75) is 31.8 Å². The molecular weight excluding hydrogens is 280 g/mol. The van der Waals surface area contributed by atoms with E-state index in [0.29, 0.717) is 32.8 Å². The van der Waals surface area contributed by atoms with E-state index < -0.39 is 10.0 Å². The average Bonchev–Trinajstić information content (AvgIpc) is 2.82. The fourth-order valence-corrected chi connectivity index (χ4v) is 3.72. The summed E-state index contributed by atoms with van der Waals surface area (Å²) in [5, 5.41) is 10.2. The van der Waals surface area contributed by atoms with Crippen molar-refractivity contribution < 1.29 is 13.2 Å². The molecule has 1 saturated heterocycles. The minimum Gasteiger partial charge on any atom is -0.379 e. The molecule has 1 aliphatic rings. The van der Waals surface area contributed by atoms with Gasteiger partial charge in [0.25, 0.3) is 10.0 Å². The number of aromatic amines is 1. The Morgan fingerprint density at radius 3 is 2.75 bits per heavy atom. The molecule has 8 heteroatoms. The molecule has 0 bridgehead atoms. The van der Waals surface area contributed by atoms with Crippen LogP contribution >= 0.6 is 0 Å². The predicted molar refractivity (Wildman–Crippen MR) is 74.9 cm³/mol. The van der Waals surface area contributed by atoms with E-state index in [9.17, 15) is 8.42 Å². The molecule has 0 spiro atoms. The third kappa shape index (κ3) is 3.20. The molecule has 0 unspecified atom stereocenters. The third-order valence-corrected chi connectivity index (χ3v) is 5.19. The van der Waals surface area contributed by atoms with Gasteiger partial charge in [-0.2, -0.15) is 9.40 Å². The van der Waals surface area contributed by atoms with Crippen LogP contribution in [-0.4, -0.2) is 55.8 Å². The second-order valence-corrected chi connectivity index (χ2v) is 6.68. The first kappa shape index (κ1) is 15.4. The molecule has 0 aromatic carbocycles. The van der Waals surface area contributed by atoms with Gasteiger partial charge in [0.1, 0.15) is 0 Å². The highest BCUT2D eigenvalue weighted by molar-refractivity contribution is 7.89. The second-order valence-electron chi connectivity index (χ2n) is 4.83. The van der Waals surface area contributed by atoms with Crippen LogP contribution in [0.1, 0.15) is 24.6 Å². The highest BCUT2D eigenvalue weighted by Gasteiger charge is 2.31. The van der Waals surface area contributed by atoms with Crippen LogP contribution in [0.4, 0.5) is 0 Å². The normalized spacial score (nSPS) is 17.5. The lowest BCUT2D eigenvalue weighted by Crippen LogP contribution is -2.41. The zero-order valence-electron chi connectivity index (χ0n) is 12.0. The third-order valence-electron chi connectivity index (χ3n) is 3.32. The molecule has 2 rings (SSSR count). The van der Waals surface area contributed by atoms with E-state index in [0.717, 1.165) is 24.2 Å². The maximum atomic E-state index is 12.6. The summed E-state index contributed by atoms with van der Waals surface area (Å²) in [6, 6.07) is 0. The number of aromatic nitrogens is 2. The number of H-pyrrole nitrogens is 1. The van der Waals surface area contributed by atoms with Crippen molar-refractivity contribution in [1.82, 2.24) is 19.8 Å². The highest BCUT2D eigenvalue weighted by atomic mass is 32.2. The Balaban J connectivity index is 2.22. The summed E-state index contributed by atoms with van der Waals surface area (Å²) < 4.78 is 31.9. The van der Waals surface area contributed by atoms with Gasteiger partial charge in [-0.05, 0) is 19.9 Å². The monoisotopic (exact) mass is 302 g/mol. The van der Waals surface area contributed by atoms with E-state index in [1.807, 2.05) is 6.92 Å². The van der Waals surface area contributed by atoms with Crippen LogP contribution in [0.3, 0.4) is 0 Å². The van der Waals surface area contributed by atoms with Gasteiger partial charge in [0.2, 0.25) is 0 Å². The lowest BCUT2D eigenvalue weighted by molar-refractivity contribution is 0.0729. The highest BCUT2D eigenvalue weighted by Crippen LogP contribution is 2.21. The first-order valence-corrected chi connectivity index (χ1v) is 8.33. The number of sulfonamides is 1. The number of ether oxygens (including phenoxy) is 1. The quantitative estimate of drug-likeness (QED) is 0.735. The molecule has 1 aromatic heterocycles. The molecule has 114 valence electrons. The molecule has 1 aromatic rings. The number of nitrogens with one attached hydrogen (secondary N) is 2. The Hall–Kier alpha value is -0.960. The molecular formula is C12H22N4O3S. The number of aryl methyl sites for hydroxylation is 1. The van der Waals surface area contributed by atoms with E-state index >= 15 is 0 Å². The zero-order chi connectivity index (χ0) is 14.6. The molecule has 20 heavy (non-hydrogen) atoms. The van der Waals surface area contributed by atoms with Gasteiger partial charge in [-0.1, -0.05) is 6.92 Å². The van der Waals surface area contributed by atoms with Gasteiger partial charge in [-0.25, -0.2) is 8.42 Å². The van der Waals surface area contributed by atoms with Crippen molar-refractivity contribution in [3.63, 3.8) is 0 Å². The van der Waals surface area contributed by atoms with Crippen LogP contribution in [0, 0.1) is 6.92 Å². The lowest BCUT2D eigenvalue weighted by atomic mass is 10.2. The molecule has 0 atom stereocenters. The zero-order valence-corrected chi connectivity index (χ0v) is 12.8. The van der Waals surface area contributed by atoms with E-state index in [-0.39, 0.29) is 5.03 Å². The van der Waals surface area contributed by atoms with E-state index in [2.05, 4.69) is 22.4 Å². The molecule has 0 amide bonds.